The van der Waals surface area contributed by atoms with Gasteiger partial charge in [0.05, 0.1) is 12.6 Å². The van der Waals surface area contributed by atoms with Crippen molar-refractivity contribution in [3.05, 3.63) is 0 Å². The first-order valence-electron chi connectivity index (χ1n) is 9.03. The van der Waals surface area contributed by atoms with Gasteiger partial charge in [-0.05, 0) is 12.8 Å². The number of nitrogens with zero attached hydrogens (tertiary/aromatic N) is 1. The summed E-state index contributed by atoms with van der Waals surface area (Å²) in [6, 6.07) is -1.55. The molecule has 10 atom stereocenters. The van der Waals surface area contributed by atoms with Crippen LogP contribution in [0.25, 0.3) is 0 Å². The molecule has 2 rings (SSSR count). The molecule has 2 saturated heterocycles. The molecule has 16 nitrogen and oxygen atoms in total. The Bertz CT molecular complexity index is 797. The molecule has 0 radical (unpaired) electrons. The van der Waals surface area contributed by atoms with Gasteiger partial charge in [0.15, 0.2) is 12.6 Å². The van der Waals surface area contributed by atoms with Crippen LogP contribution < -0.4 is 69.3 Å². The van der Waals surface area contributed by atoms with E-state index in [0.717, 1.165) is 14.0 Å². The van der Waals surface area contributed by atoms with Crippen molar-refractivity contribution in [3.8, 4) is 0 Å². The Hall–Kier alpha value is 0.490. The van der Waals surface area contributed by atoms with Gasteiger partial charge < -0.3 is 54.4 Å². The smallest absolute Gasteiger partial charge is 0.862 e. The molecule has 2 aliphatic rings. The Kier molecular flexibility index (Phi) is 14.6. The minimum atomic E-state index is -5.21. The summed E-state index contributed by atoms with van der Waals surface area (Å²) in [4.78, 5) is 14.9. The second-order valence-corrected chi connectivity index (χ2v) is 7.95. The number of carboxylic acids is 1. The number of methoxy groups -OCH3 is 1. The number of hydrogen-bond acceptors (Lipinski definition) is 15. The molecule has 19 heteroatoms. The monoisotopic (exact) mass is 535 g/mol. The van der Waals surface area contributed by atoms with E-state index in [1.165, 1.54) is 0 Å². The van der Waals surface area contributed by atoms with Crippen molar-refractivity contribution in [3.63, 3.8) is 0 Å². The van der Waals surface area contributed by atoms with E-state index < -0.39 is 90.2 Å². The van der Waals surface area contributed by atoms with E-state index in [9.17, 15) is 43.9 Å². The molecule has 2 fully saturated rings. The molecule has 2 aliphatic heterocycles. The molecule has 5 N–H and O–H groups in total. The second-order valence-electron chi connectivity index (χ2n) is 6.91. The number of aliphatic imine (C=N–C) groups is 1. The molecular weight excluding hydrogens is 512 g/mol. The van der Waals surface area contributed by atoms with Gasteiger partial charge in [-0.1, -0.05) is 0 Å². The van der Waals surface area contributed by atoms with Crippen molar-refractivity contribution >= 4 is 22.3 Å². The van der Waals surface area contributed by atoms with Gasteiger partial charge in [0.25, 0.3) is 0 Å². The van der Waals surface area contributed by atoms with E-state index in [1.807, 2.05) is 0 Å². The number of carbonyl (C=O) groups is 1. The second kappa shape index (κ2) is 14.4. The fourth-order valence-electron chi connectivity index (χ4n) is 3.30. The molecular formula is C15H23NNa2O15S. The zero-order chi connectivity index (χ0) is 24.4. The minimum Gasteiger partial charge on any atom is -0.862 e. The summed E-state index contributed by atoms with van der Waals surface area (Å²) in [6.07, 6.45) is -17.3. The number of aliphatic carboxylic acids is 1. The summed E-state index contributed by atoms with van der Waals surface area (Å²) < 4.78 is 57.0. The molecule has 2 heterocycles. The standard InChI is InChI=1S/C15H25NO15S.2Na/c1-4(18)16-6-11(10(31-32(24,25)26)5(3-17)28-14(6)27-2)29-15-9(21)7(19)8(20)12(30-15)13(22)23;;/h5-12,14-15,17,19-21H,3H2,1-2H3,(H,16,18)(H,22,23)(H,24,25,26);;/q;2*+1/p-2/t5-,6-,7+,8+,9-,10+,11-,12-,14-,15-;;/m1../s1. The third-order valence-electron chi connectivity index (χ3n) is 4.68. The van der Waals surface area contributed by atoms with Gasteiger partial charge in [0.1, 0.15) is 48.8 Å². The van der Waals surface area contributed by atoms with Crippen molar-refractivity contribution in [2.45, 2.75) is 68.3 Å². The van der Waals surface area contributed by atoms with Crippen molar-refractivity contribution in [1.82, 2.24) is 0 Å². The Morgan fingerprint density at radius 2 is 1.62 bits per heavy atom. The van der Waals surface area contributed by atoms with E-state index in [-0.39, 0.29) is 59.1 Å². The van der Waals surface area contributed by atoms with Crippen LogP contribution in [0.3, 0.4) is 0 Å². The predicted molar refractivity (Wildman–Crippen MR) is 92.6 cm³/mol. The van der Waals surface area contributed by atoms with Gasteiger partial charge in [-0.2, -0.15) is 8.42 Å². The maximum Gasteiger partial charge on any atom is 1.00 e. The fraction of sp³-hybridized carbons (Fsp3) is 0.867. The Morgan fingerprint density at radius 3 is 2.06 bits per heavy atom. The molecule has 0 aromatic heterocycles. The molecule has 0 amide bonds. The van der Waals surface area contributed by atoms with Gasteiger partial charge >= 0.3 is 69.5 Å². The van der Waals surface area contributed by atoms with Crippen LogP contribution in [0.2, 0.25) is 0 Å². The minimum absolute atomic E-state index is 0. The number of carbonyl (C=O) groups excluding carboxylic acids is 1. The van der Waals surface area contributed by atoms with Crippen molar-refractivity contribution < 1.29 is 131 Å². The largest absolute Gasteiger partial charge is 1.00 e. The first kappa shape index (κ1) is 34.5. The SMILES string of the molecule is CO[C@@H]1O[C@H](CO)[C@H](OS(=O)(=O)O)[C@H](O[C@@H]2O[C@@H](C(=O)[O-])[C@@H](O)[C@H](O)[C@H]2O)[C@H]1N=C(C)[O-].[Na+].[Na+]. The third kappa shape index (κ3) is 8.52. The number of rotatable bonds is 8. The zero-order valence-electron chi connectivity index (χ0n) is 18.7. The molecule has 0 saturated carbocycles. The quantitative estimate of drug-likeness (QED) is 0.0836. The molecule has 0 bridgehead atoms. The summed E-state index contributed by atoms with van der Waals surface area (Å²) in [7, 11) is -4.10. The van der Waals surface area contributed by atoms with Gasteiger partial charge in [-0.25, -0.2) is 4.18 Å². The van der Waals surface area contributed by atoms with Gasteiger partial charge in [0.2, 0.25) is 0 Å². The number of ether oxygens (including phenoxy) is 4. The Labute approximate surface area is 238 Å². The van der Waals surface area contributed by atoms with Crippen molar-refractivity contribution in [2.24, 2.45) is 4.99 Å². The first-order valence-corrected chi connectivity index (χ1v) is 10.4. The van der Waals surface area contributed by atoms with Crippen LogP contribution in [-0.2, 0) is 38.3 Å². The van der Waals surface area contributed by atoms with Crippen LogP contribution in [0.15, 0.2) is 4.99 Å². The molecule has 0 aliphatic carbocycles. The molecule has 0 spiro atoms. The normalized spacial score (nSPS) is 39.0. The van der Waals surface area contributed by atoms with Gasteiger partial charge in [-0.3, -0.25) is 9.55 Å². The van der Waals surface area contributed by atoms with E-state index in [4.69, 9.17) is 23.5 Å². The van der Waals surface area contributed by atoms with E-state index in [1.54, 1.807) is 0 Å². The maximum atomic E-state index is 11.6. The van der Waals surface area contributed by atoms with Crippen LogP contribution in [0, 0.1) is 0 Å². The van der Waals surface area contributed by atoms with Crippen LogP contribution in [0.1, 0.15) is 6.92 Å². The summed E-state index contributed by atoms with van der Waals surface area (Å²) in [6.45, 7) is 0.0997. The van der Waals surface area contributed by atoms with E-state index >= 15 is 0 Å². The Morgan fingerprint density at radius 1 is 1.03 bits per heavy atom. The van der Waals surface area contributed by atoms with Crippen LogP contribution in [-0.4, -0.2) is 120 Å². The topological polar surface area (TPSA) is 257 Å². The average molecular weight is 535 g/mol. The summed E-state index contributed by atoms with van der Waals surface area (Å²) in [5.74, 6) is -2.79. The summed E-state index contributed by atoms with van der Waals surface area (Å²) in [5, 5.41) is 62.3. The first-order chi connectivity index (χ1) is 14.8. The van der Waals surface area contributed by atoms with Gasteiger partial charge in [-0.15, -0.1) is 0 Å². The number of carboxylic acid groups (broad SMARTS) is 1. The number of hydrogen-bond donors (Lipinski definition) is 5. The van der Waals surface area contributed by atoms with E-state index in [0.29, 0.717) is 0 Å². The van der Waals surface area contributed by atoms with Gasteiger partial charge in [0, 0.05) is 7.11 Å². The number of aliphatic hydroxyl groups excluding tert-OH is 4. The molecule has 0 unspecified atom stereocenters. The van der Waals surface area contributed by atoms with Crippen LogP contribution in [0.4, 0.5) is 0 Å². The maximum absolute atomic E-state index is 11.6. The summed E-state index contributed by atoms with van der Waals surface area (Å²) >= 11 is 0. The van der Waals surface area contributed by atoms with Crippen molar-refractivity contribution in [2.75, 3.05) is 13.7 Å². The third-order valence-corrected chi connectivity index (χ3v) is 5.15. The van der Waals surface area contributed by atoms with Crippen LogP contribution in [0.5, 0.6) is 0 Å². The molecule has 0 aromatic carbocycles. The Balaban J connectivity index is 0.00000544. The molecule has 186 valence electrons. The molecule has 34 heavy (non-hydrogen) atoms. The molecule has 0 aromatic rings. The van der Waals surface area contributed by atoms with Crippen LogP contribution >= 0.6 is 0 Å². The van der Waals surface area contributed by atoms with E-state index in [2.05, 4.69) is 9.18 Å². The fourth-order valence-corrected chi connectivity index (χ4v) is 3.82. The predicted octanol–water partition coefficient (Wildman–Crippen LogP) is -12.4. The zero-order valence-corrected chi connectivity index (χ0v) is 23.5. The van der Waals surface area contributed by atoms with Crippen molar-refractivity contribution in [1.29, 1.82) is 0 Å². The summed E-state index contributed by atoms with van der Waals surface area (Å²) in [5.41, 5.74) is 0. The number of aliphatic hydroxyl groups is 4. The average Bonchev–Trinajstić information content (AvgIpc) is 2.68.